The maximum Gasteiger partial charge on any atom is 3.00 e. The second kappa shape index (κ2) is 20.0. The third-order valence-electron chi connectivity index (χ3n) is 2.35. The Balaban J connectivity index is -0.0000000143. The Labute approximate surface area is 232 Å². The Bertz CT molecular complexity index is 535. The molecule has 6 unspecified atom stereocenters. The van der Waals surface area contributed by atoms with E-state index in [1.54, 1.807) is 0 Å². The molecule has 0 heterocycles. The van der Waals surface area contributed by atoms with E-state index in [4.69, 9.17) is 30.6 Å². The molecular formula is C12H36Bi2O18. The first kappa shape index (κ1) is 40.7. The van der Waals surface area contributed by atoms with Gasteiger partial charge in [0.15, 0.2) is 0 Å². The summed E-state index contributed by atoms with van der Waals surface area (Å²) in [5.41, 5.74) is 0. The number of hydrogen-bond donors (Lipinski definition) is 6. The molecule has 20 heteroatoms. The van der Waals surface area contributed by atoms with Crippen LogP contribution in [0.25, 0.3) is 0 Å². The van der Waals surface area contributed by atoms with E-state index >= 15 is 0 Å². The van der Waals surface area contributed by atoms with Crippen molar-refractivity contribution in [1.82, 2.24) is 0 Å². The van der Waals surface area contributed by atoms with Crippen LogP contribution in [-0.4, -0.2) is 155 Å². The van der Waals surface area contributed by atoms with Gasteiger partial charge in [0.25, 0.3) is 0 Å². The molecule has 0 bridgehead atoms. The van der Waals surface area contributed by atoms with Crippen molar-refractivity contribution in [2.45, 2.75) is 36.6 Å². The fraction of sp³-hybridized carbons (Fsp3) is 0.500. The van der Waals surface area contributed by atoms with E-state index in [1.165, 1.54) is 0 Å². The third kappa shape index (κ3) is 18.0. The number of rotatable bonds is 9. The monoisotopic (exact) mass is 886 g/mol. The van der Waals surface area contributed by atoms with Crippen LogP contribution in [0, 0.1) is 0 Å². The number of carbonyl (C=O) groups excluding carboxylic acids is 6. The molecule has 0 saturated carbocycles. The zero-order chi connectivity index (χ0) is 24.9. The molecule has 6 atom stereocenters. The number of carboxylic acids is 6. The molecule has 4 radical (unpaired) electrons. The number of carbonyl (C=O) groups is 6. The minimum Gasteiger partial charge on any atom is -0.547 e. The van der Waals surface area contributed by atoms with Gasteiger partial charge in [-0.25, -0.2) is 0 Å². The summed E-state index contributed by atoms with van der Waals surface area (Å²) in [7, 11) is 0. The summed E-state index contributed by atoms with van der Waals surface area (Å²) >= 11 is 0. The van der Waals surface area contributed by atoms with Gasteiger partial charge in [-0.1, -0.05) is 0 Å². The molecule has 0 rings (SSSR count). The topological polar surface area (TPSA) is 362 Å². The average Bonchev–Trinajstić information content (AvgIpc) is 2.64. The van der Waals surface area contributed by atoms with Crippen LogP contribution >= 0.6 is 0 Å². The van der Waals surface area contributed by atoms with Gasteiger partial charge in [0.1, 0.15) is 36.6 Å². The van der Waals surface area contributed by atoms with Crippen molar-refractivity contribution < 1.29 is 107 Å². The SMILES string of the molecule is O=C([O-])C(O)C(O)C(=O)[O-].O=C([O-])C(O)C(O)C(=O)[O-].O=C([O-])C(O)C(O)C(=O)[O-].[Bi+3].[Bi+3].[HH].[HH].[HH].[HH].[HH].[HH].[HH].[HH].[HH].[HH].[HH].[HH]. The Morgan fingerprint density at radius 2 is 0.438 bits per heavy atom. The summed E-state index contributed by atoms with van der Waals surface area (Å²) in [5, 5.41) is 107. The molecule has 0 aromatic rings. The summed E-state index contributed by atoms with van der Waals surface area (Å²) in [4.78, 5) is 57.8. The summed E-state index contributed by atoms with van der Waals surface area (Å²) in [5.74, 6) is -12.4. The normalized spacial score (nSPS) is 14.8. The van der Waals surface area contributed by atoms with Crippen molar-refractivity contribution in [3.63, 3.8) is 0 Å². The van der Waals surface area contributed by atoms with Crippen molar-refractivity contribution >= 4 is 88.2 Å². The minimum atomic E-state index is -2.44. The molecule has 18 nitrogen and oxygen atoms in total. The van der Waals surface area contributed by atoms with E-state index in [0.29, 0.717) is 0 Å². The summed E-state index contributed by atoms with van der Waals surface area (Å²) < 4.78 is 0. The first-order chi connectivity index (χ1) is 13.4. The molecule has 202 valence electrons. The van der Waals surface area contributed by atoms with Gasteiger partial charge in [-0.2, -0.15) is 0 Å². The Hall–Kier alpha value is -1.65. The zero-order valence-electron chi connectivity index (χ0n) is 14.9. The third-order valence-corrected chi connectivity index (χ3v) is 2.35. The quantitative estimate of drug-likeness (QED) is 0.117. The van der Waals surface area contributed by atoms with Gasteiger partial charge >= 0.3 is 52.4 Å². The molecule has 32 heavy (non-hydrogen) atoms. The fourth-order valence-corrected chi connectivity index (χ4v) is 0.773. The molecule has 0 spiro atoms. The Kier molecular flexibility index (Phi) is 25.4. The molecule has 0 aliphatic rings. The smallest absolute Gasteiger partial charge is 0.547 e. The van der Waals surface area contributed by atoms with Gasteiger partial charge in [0, 0.05) is 17.1 Å². The van der Waals surface area contributed by atoms with Gasteiger partial charge in [0.2, 0.25) is 0 Å². The number of aliphatic hydroxyl groups is 6. The van der Waals surface area contributed by atoms with Crippen LogP contribution in [-0.2, 0) is 28.8 Å². The van der Waals surface area contributed by atoms with Crippen LogP contribution in [0.5, 0.6) is 0 Å². The molecule has 0 saturated heterocycles. The average molecular weight is 886 g/mol. The summed E-state index contributed by atoms with van der Waals surface area (Å²) in [6.45, 7) is 0. The maximum absolute atomic E-state index is 9.63. The molecule has 0 fully saturated rings. The predicted octanol–water partition coefficient (Wildman–Crippen LogP) is -12.2. The van der Waals surface area contributed by atoms with Crippen LogP contribution in [0.2, 0.25) is 0 Å². The number of hydrogen-bond acceptors (Lipinski definition) is 18. The van der Waals surface area contributed by atoms with Crippen molar-refractivity contribution in [2.75, 3.05) is 0 Å². The maximum atomic E-state index is 9.63. The summed E-state index contributed by atoms with van der Waals surface area (Å²) in [6, 6.07) is 0. The van der Waals surface area contributed by atoms with Crippen LogP contribution in [0.1, 0.15) is 17.1 Å². The van der Waals surface area contributed by atoms with Gasteiger partial charge in [0.05, 0.1) is 35.8 Å². The van der Waals surface area contributed by atoms with Gasteiger partial charge in [-0.05, 0) is 0 Å². The standard InChI is InChI=1S/3C4H6O6.2Bi.12H2/c3*5-1(3(7)8)2(6)4(9)10;;;;;;;;;;;;;;/h3*1-2,5-6H,(H,7,8)(H,9,10);;;12*1H/q;;;2*+3;;;;;;;;;;;;/p-6. The van der Waals surface area contributed by atoms with Gasteiger partial charge < -0.3 is 90.0 Å². The second-order valence-electron chi connectivity index (χ2n) is 4.58. The fourth-order valence-electron chi connectivity index (χ4n) is 0.773. The van der Waals surface area contributed by atoms with Gasteiger partial charge in [-0.15, -0.1) is 0 Å². The van der Waals surface area contributed by atoms with Crippen LogP contribution in [0.15, 0.2) is 0 Å². The van der Waals surface area contributed by atoms with E-state index in [9.17, 15) is 59.4 Å². The molecule has 6 N–H and O–H groups in total. The van der Waals surface area contributed by atoms with Gasteiger partial charge in [-0.3, -0.25) is 0 Å². The summed E-state index contributed by atoms with van der Waals surface area (Å²) in [6.07, 6.45) is -14.6. The van der Waals surface area contributed by atoms with Crippen molar-refractivity contribution in [3.05, 3.63) is 0 Å². The van der Waals surface area contributed by atoms with E-state index in [0.717, 1.165) is 0 Å². The van der Waals surface area contributed by atoms with Crippen molar-refractivity contribution in [2.24, 2.45) is 0 Å². The van der Waals surface area contributed by atoms with Crippen molar-refractivity contribution in [1.29, 1.82) is 0 Å². The Morgan fingerprint density at radius 3 is 0.469 bits per heavy atom. The van der Waals surface area contributed by atoms with Crippen LogP contribution in [0.4, 0.5) is 0 Å². The van der Waals surface area contributed by atoms with E-state index in [2.05, 4.69) is 0 Å². The molecular weight excluding hydrogens is 850 g/mol. The van der Waals surface area contributed by atoms with Crippen molar-refractivity contribution in [3.8, 4) is 0 Å². The zero-order valence-corrected chi connectivity index (χ0v) is 21.9. The predicted molar refractivity (Wildman–Crippen MR) is 103 cm³/mol. The van der Waals surface area contributed by atoms with Crippen LogP contribution < -0.4 is 30.6 Å². The number of carboxylic acid groups (broad SMARTS) is 6. The van der Waals surface area contributed by atoms with Crippen LogP contribution in [0.3, 0.4) is 0 Å². The molecule has 0 aromatic carbocycles. The molecule has 0 aliphatic heterocycles. The Morgan fingerprint density at radius 1 is 0.375 bits per heavy atom. The minimum absolute atomic E-state index is 0. The first-order valence-electron chi connectivity index (χ1n) is 6.73. The molecule has 0 amide bonds. The molecule has 0 aliphatic carbocycles. The number of aliphatic hydroxyl groups excluding tert-OH is 6. The molecule has 0 aromatic heterocycles. The number of aliphatic carboxylic acids is 6. The largest absolute Gasteiger partial charge is 3.00 e. The van der Waals surface area contributed by atoms with E-state index < -0.39 is 72.4 Å². The first-order valence-corrected chi connectivity index (χ1v) is 6.73. The van der Waals surface area contributed by atoms with E-state index in [-0.39, 0.29) is 69.5 Å². The second-order valence-corrected chi connectivity index (χ2v) is 4.58. The van der Waals surface area contributed by atoms with E-state index in [1.807, 2.05) is 0 Å².